The van der Waals surface area contributed by atoms with Crippen LogP contribution >= 0.6 is 0 Å². The van der Waals surface area contributed by atoms with Crippen LogP contribution in [0, 0.1) is 12.3 Å². The lowest BCUT2D eigenvalue weighted by molar-refractivity contribution is -0.168. The van der Waals surface area contributed by atoms with Gasteiger partial charge in [-0.25, -0.2) is 9.97 Å². The zero-order valence-electron chi connectivity index (χ0n) is 21.2. The van der Waals surface area contributed by atoms with Crippen LogP contribution in [0.4, 0.5) is 20.3 Å². The van der Waals surface area contributed by atoms with Crippen molar-refractivity contribution < 1.29 is 23.4 Å². The first kappa shape index (κ1) is 27.8. The van der Waals surface area contributed by atoms with Gasteiger partial charge in [0, 0.05) is 35.9 Å². The third kappa shape index (κ3) is 6.30. The smallest absolute Gasteiger partial charge is 0.300 e. The molecule has 0 aliphatic carbocycles. The highest BCUT2D eigenvalue weighted by atomic mass is 19.3. The highest BCUT2D eigenvalue weighted by Gasteiger charge is 2.47. The summed E-state index contributed by atoms with van der Waals surface area (Å²) < 4.78 is 40.5. The largest absolute Gasteiger partial charge is 0.490 e. The first-order chi connectivity index (χ1) is 17.4. The Morgan fingerprint density at radius 3 is 2.54 bits per heavy atom. The molecule has 37 heavy (non-hydrogen) atoms. The van der Waals surface area contributed by atoms with Gasteiger partial charge in [-0.05, 0) is 68.9 Å². The van der Waals surface area contributed by atoms with E-state index in [0.717, 1.165) is 19.9 Å². The number of benzene rings is 2. The lowest BCUT2D eigenvalue weighted by Gasteiger charge is -2.29. The van der Waals surface area contributed by atoms with E-state index in [-0.39, 0.29) is 30.1 Å². The van der Waals surface area contributed by atoms with Crippen molar-refractivity contribution in [2.75, 3.05) is 31.4 Å². The number of anilines is 2. The van der Waals surface area contributed by atoms with Crippen molar-refractivity contribution in [2.24, 2.45) is 5.73 Å². The summed E-state index contributed by atoms with van der Waals surface area (Å²) in [4.78, 5) is 8.98. The number of aromatic nitrogens is 2. The molecule has 0 spiro atoms. The Morgan fingerprint density at radius 2 is 1.89 bits per heavy atom. The van der Waals surface area contributed by atoms with Gasteiger partial charge >= 0.3 is 5.92 Å². The number of nitrogens with one attached hydrogen (secondary N) is 2. The lowest BCUT2D eigenvalue weighted by Crippen LogP contribution is -2.40. The van der Waals surface area contributed by atoms with Crippen LogP contribution in [0.3, 0.4) is 0 Å². The zero-order valence-corrected chi connectivity index (χ0v) is 21.2. The minimum atomic E-state index is -3.51. The van der Waals surface area contributed by atoms with Crippen molar-refractivity contribution >= 4 is 28.1 Å². The van der Waals surface area contributed by atoms with Crippen molar-refractivity contribution in [3.05, 3.63) is 65.1 Å². The van der Waals surface area contributed by atoms with Crippen LogP contribution in [0.2, 0.25) is 0 Å². The molecule has 3 aromatic rings. The molecule has 0 saturated heterocycles. The van der Waals surface area contributed by atoms with Crippen molar-refractivity contribution in [1.29, 1.82) is 5.41 Å². The van der Waals surface area contributed by atoms with Crippen LogP contribution in [0.1, 0.15) is 36.4 Å². The second-order valence-corrected chi connectivity index (χ2v) is 9.05. The van der Waals surface area contributed by atoms with Gasteiger partial charge in [0.2, 0.25) is 0 Å². The van der Waals surface area contributed by atoms with Crippen molar-refractivity contribution in [3.8, 4) is 5.75 Å². The first-order valence-electron chi connectivity index (χ1n) is 11.5. The molecule has 0 unspecified atom stereocenters. The van der Waals surface area contributed by atoms with E-state index in [4.69, 9.17) is 26.4 Å². The van der Waals surface area contributed by atoms with Gasteiger partial charge in [-0.3, -0.25) is 0 Å². The molecule has 0 bridgehead atoms. The van der Waals surface area contributed by atoms with Crippen LogP contribution in [0.5, 0.6) is 5.75 Å². The number of allylic oxidation sites excluding steroid dienone is 1. The summed E-state index contributed by atoms with van der Waals surface area (Å²) in [6, 6.07) is 7.46. The topological polar surface area (TPSA) is 152 Å². The van der Waals surface area contributed by atoms with Gasteiger partial charge in [0.25, 0.3) is 0 Å². The van der Waals surface area contributed by atoms with Gasteiger partial charge in [-0.1, -0.05) is 0 Å². The van der Waals surface area contributed by atoms with Crippen molar-refractivity contribution in [2.45, 2.75) is 38.8 Å². The molecule has 2 aromatic carbocycles. The van der Waals surface area contributed by atoms with E-state index in [1.165, 1.54) is 18.3 Å². The molecule has 0 atom stereocenters. The molecule has 0 amide bonds. The lowest BCUT2D eigenvalue weighted by atomic mass is 9.92. The van der Waals surface area contributed by atoms with Crippen LogP contribution < -0.4 is 21.5 Å². The molecule has 0 radical (unpaired) electrons. The van der Waals surface area contributed by atoms with Crippen LogP contribution in [-0.4, -0.2) is 46.7 Å². The van der Waals surface area contributed by atoms with Gasteiger partial charge in [-0.15, -0.1) is 0 Å². The molecule has 0 aliphatic heterocycles. The summed E-state index contributed by atoms with van der Waals surface area (Å²) in [6.45, 7) is 4.55. The Kier molecular flexibility index (Phi) is 8.29. The average molecular weight is 515 g/mol. The number of nitrogens with two attached hydrogens (primary N) is 2. The standard InChI is InChI=1S/C26H32F2N6O3/c1-15-33-22-12-19(21(31)5-6-29)23(37-8-7-36-4)13-20(22)24(34-15)32-14-16-9-17(11-18(30)10-16)26(27,28)25(2,3)35/h5-6,9-13,31,35H,7-8,14,29-30H2,1-4H3,(H,32,33,34)/b6-5-,31-21?. The van der Waals surface area contributed by atoms with Gasteiger partial charge in [0.05, 0.1) is 17.8 Å². The average Bonchev–Trinajstić information content (AvgIpc) is 2.81. The number of fused-ring (bicyclic) bond motifs is 1. The summed E-state index contributed by atoms with van der Waals surface area (Å²) in [5, 5.41) is 22.1. The maximum absolute atomic E-state index is 14.8. The quantitative estimate of drug-likeness (QED) is 0.147. The SMILES string of the molecule is COCCOc1cc2c(NCc3cc(N)cc(C(F)(F)C(C)(C)O)c3)nc(C)nc2cc1C(=N)/C=C\N. The van der Waals surface area contributed by atoms with E-state index in [0.29, 0.717) is 46.0 Å². The zero-order chi connectivity index (χ0) is 27.4. The van der Waals surface area contributed by atoms with E-state index in [1.54, 1.807) is 32.2 Å². The Hall–Kier alpha value is -3.83. The Balaban J connectivity index is 2.02. The van der Waals surface area contributed by atoms with Gasteiger partial charge in [0.15, 0.2) is 0 Å². The summed E-state index contributed by atoms with van der Waals surface area (Å²) in [5.41, 5.74) is 10.5. The number of alkyl halides is 2. The highest BCUT2D eigenvalue weighted by molar-refractivity contribution is 6.11. The summed E-state index contributed by atoms with van der Waals surface area (Å²) >= 11 is 0. The molecule has 11 heteroatoms. The van der Waals surface area contributed by atoms with Gasteiger partial charge in [-0.2, -0.15) is 8.78 Å². The molecular formula is C26H32F2N6O3. The number of aliphatic hydroxyl groups is 1. The Morgan fingerprint density at radius 1 is 1.16 bits per heavy atom. The number of nitrogen functional groups attached to an aromatic ring is 1. The molecule has 3 rings (SSSR count). The van der Waals surface area contributed by atoms with Crippen molar-refractivity contribution in [1.82, 2.24) is 9.97 Å². The molecule has 0 fully saturated rings. The minimum absolute atomic E-state index is 0.124. The maximum Gasteiger partial charge on any atom is 0.300 e. The first-order valence-corrected chi connectivity index (χ1v) is 11.5. The van der Waals surface area contributed by atoms with E-state index >= 15 is 0 Å². The number of ether oxygens (including phenoxy) is 2. The highest BCUT2D eigenvalue weighted by Crippen LogP contribution is 2.40. The molecule has 198 valence electrons. The van der Waals surface area contributed by atoms with E-state index in [1.807, 2.05) is 0 Å². The van der Waals surface area contributed by atoms with Gasteiger partial charge < -0.3 is 36.8 Å². The molecule has 1 aromatic heterocycles. The fourth-order valence-corrected chi connectivity index (χ4v) is 3.70. The molecular weight excluding hydrogens is 482 g/mol. The number of hydrogen-bond acceptors (Lipinski definition) is 9. The van der Waals surface area contributed by atoms with Crippen molar-refractivity contribution in [3.63, 3.8) is 0 Å². The number of rotatable bonds is 11. The number of halogens is 2. The Bertz CT molecular complexity index is 1320. The fourth-order valence-electron chi connectivity index (χ4n) is 3.70. The van der Waals surface area contributed by atoms with E-state index in [9.17, 15) is 13.9 Å². The number of methoxy groups -OCH3 is 1. The maximum atomic E-state index is 14.8. The fraction of sp³-hybridized carbons (Fsp3) is 0.346. The van der Waals surface area contributed by atoms with E-state index < -0.39 is 11.5 Å². The third-order valence-corrected chi connectivity index (χ3v) is 5.61. The van der Waals surface area contributed by atoms with Crippen LogP contribution in [-0.2, 0) is 17.2 Å². The number of hydrogen-bond donors (Lipinski definition) is 5. The van der Waals surface area contributed by atoms with E-state index in [2.05, 4.69) is 15.3 Å². The van der Waals surface area contributed by atoms with Crippen LogP contribution in [0.15, 0.2) is 42.6 Å². The second-order valence-electron chi connectivity index (χ2n) is 9.05. The van der Waals surface area contributed by atoms with Crippen LogP contribution in [0.25, 0.3) is 10.9 Å². The monoisotopic (exact) mass is 514 g/mol. The molecule has 0 saturated carbocycles. The number of nitrogens with zero attached hydrogens (tertiary/aromatic N) is 2. The third-order valence-electron chi connectivity index (χ3n) is 5.61. The second kappa shape index (κ2) is 11.1. The number of aryl methyl sites for hydroxylation is 1. The Labute approximate surface area is 214 Å². The molecule has 1 heterocycles. The predicted molar refractivity (Wildman–Crippen MR) is 140 cm³/mol. The minimum Gasteiger partial charge on any atom is -0.490 e. The molecule has 9 nitrogen and oxygen atoms in total. The summed E-state index contributed by atoms with van der Waals surface area (Å²) in [7, 11) is 1.56. The summed E-state index contributed by atoms with van der Waals surface area (Å²) in [6.07, 6.45) is 2.71. The molecule has 7 N–H and O–H groups in total. The normalized spacial score (nSPS) is 12.3. The summed E-state index contributed by atoms with van der Waals surface area (Å²) in [5.74, 6) is -2.18. The molecule has 0 aliphatic rings. The van der Waals surface area contributed by atoms with Gasteiger partial charge in [0.1, 0.15) is 29.6 Å². The predicted octanol–water partition coefficient (Wildman–Crippen LogP) is 3.86.